The molecule has 1 saturated carbocycles. The summed E-state index contributed by atoms with van der Waals surface area (Å²) >= 11 is 0. The van der Waals surface area contributed by atoms with Gasteiger partial charge in [0, 0.05) is 36.4 Å². The van der Waals surface area contributed by atoms with Crippen molar-refractivity contribution in [1.29, 1.82) is 0 Å². The zero-order chi connectivity index (χ0) is 15.6. The van der Waals surface area contributed by atoms with Gasteiger partial charge in [-0.3, -0.25) is 4.98 Å². The highest BCUT2D eigenvalue weighted by molar-refractivity contribution is 5.31. The van der Waals surface area contributed by atoms with Crippen molar-refractivity contribution in [3.8, 4) is 0 Å². The Labute approximate surface area is 133 Å². The smallest absolute Gasteiger partial charge is 0.0318 e. The van der Waals surface area contributed by atoms with E-state index < -0.39 is 0 Å². The number of benzene rings is 1. The number of hydrogen-bond acceptors (Lipinski definition) is 3. The second-order valence-electron chi connectivity index (χ2n) is 6.58. The van der Waals surface area contributed by atoms with E-state index in [-0.39, 0.29) is 5.41 Å². The standard InChI is InChI=1S/C19H25N3/c1-14-8-9-21-12-18(14)15(2)22-17-10-19(11-17,13-20)16-6-4-3-5-7-16/h3-9,12,15,17,22H,10-11,13,20H2,1-2H3. The third kappa shape index (κ3) is 2.79. The molecule has 1 aromatic carbocycles. The molecule has 1 aromatic heterocycles. The van der Waals surface area contributed by atoms with Crippen LogP contribution in [0.15, 0.2) is 48.8 Å². The minimum atomic E-state index is 0.155. The van der Waals surface area contributed by atoms with Crippen LogP contribution in [0.1, 0.15) is 42.5 Å². The van der Waals surface area contributed by atoms with Gasteiger partial charge in [-0.15, -0.1) is 0 Å². The Balaban J connectivity index is 1.65. The Morgan fingerprint density at radius 2 is 2.00 bits per heavy atom. The molecule has 1 atom stereocenters. The number of rotatable bonds is 5. The Morgan fingerprint density at radius 3 is 2.64 bits per heavy atom. The zero-order valence-electron chi connectivity index (χ0n) is 13.4. The van der Waals surface area contributed by atoms with Gasteiger partial charge in [-0.1, -0.05) is 30.3 Å². The average Bonchev–Trinajstić information content (AvgIpc) is 2.51. The lowest BCUT2D eigenvalue weighted by atomic mass is 9.61. The maximum absolute atomic E-state index is 6.09. The van der Waals surface area contributed by atoms with Gasteiger partial charge in [0.1, 0.15) is 0 Å². The van der Waals surface area contributed by atoms with Gasteiger partial charge < -0.3 is 11.1 Å². The van der Waals surface area contributed by atoms with Crippen LogP contribution in [0.3, 0.4) is 0 Å². The molecule has 1 unspecified atom stereocenters. The van der Waals surface area contributed by atoms with Crippen LogP contribution < -0.4 is 11.1 Å². The summed E-state index contributed by atoms with van der Waals surface area (Å²) < 4.78 is 0. The average molecular weight is 295 g/mol. The second kappa shape index (κ2) is 6.19. The molecule has 0 amide bonds. The predicted molar refractivity (Wildman–Crippen MR) is 90.7 cm³/mol. The molecule has 1 aliphatic rings. The number of nitrogens with zero attached hydrogens (tertiary/aromatic N) is 1. The Bertz CT molecular complexity index is 618. The lowest BCUT2D eigenvalue weighted by molar-refractivity contribution is 0.167. The predicted octanol–water partition coefficient (Wildman–Crippen LogP) is 3.10. The summed E-state index contributed by atoms with van der Waals surface area (Å²) in [5, 5.41) is 3.74. The molecule has 2 aromatic rings. The summed E-state index contributed by atoms with van der Waals surface area (Å²) in [7, 11) is 0. The van der Waals surface area contributed by atoms with Gasteiger partial charge in [-0.05, 0) is 49.4 Å². The first-order chi connectivity index (χ1) is 10.6. The minimum Gasteiger partial charge on any atom is -0.330 e. The molecule has 22 heavy (non-hydrogen) atoms. The van der Waals surface area contributed by atoms with Crippen molar-refractivity contribution in [2.45, 2.75) is 44.2 Å². The maximum atomic E-state index is 6.09. The van der Waals surface area contributed by atoms with E-state index in [1.807, 2.05) is 12.4 Å². The number of aromatic nitrogens is 1. The minimum absolute atomic E-state index is 0.155. The summed E-state index contributed by atoms with van der Waals surface area (Å²) in [6.45, 7) is 5.08. The van der Waals surface area contributed by atoms with Gasteiger partial charge in [0.2, 0.25) is 0 Å². The van der Waals surface area contributed by atoms with Crippen LogP contribution in [-0.4, -0.2) is 17.6 Å². The number of hydrogen-bond donors (Lipinski definition) is 2. The highest BCUT2D eigenvalue weighted by atomic mass is 15.0. The largest absolute Gasteiger partial charge is 0.330 e. The summed E-state index contributed by atoms with van der Waals surface area (Å²) in [6.07, 6.45) is 6.04. The number of nitrogens with one attached hydrogen (secondary N) is 1. The van der Waals surface area contributed by atoms with E-state index in [2.05, 4.69) is 60.5 Å². The van der Waals surface area contributed by atoms with Crippen LogP contribution >= 0.6 is 0 Å². The fourth-order valence-corrected chi connectivity index (χ4v) is 3.69. The Morgan fingerprint density at radius 1 is 1.27 bits per heavy atom. The monoisotopic (exact) mass is 295 g/mol. The van der Waals surface area contributed by atoms with E-state index in [9.17, 15) is 0 Å². The molecule has 0 radical (unpaired) electrons. The fourth-order valence-electron chi connectivity index (χ4n) is 3.69. The molecule has 116 valence electrons. The normalized spacial score (nSPS) is 25.5. The van der Waals surface area contributed by atoms with Gasteiger partial charge in [0.25, 0.3) is 0 Å². The van der Waals surface area contributed by atoms with Crippen molar-refractivity contribution >= 4 is 0 Å². The molecule has 3 N–H and O–H groups in total. The van der Waals surface area contributed by atoms with Gasteiger partial charge in [0.15, 0.2) is 0 Å². The maximum Gasteiger partial charge on any atom is 0.0318 e. The SMILES string of the molecule is Cc1ccncc1C(C)NC1CC(CN)(c2ccccc2)C1. The fraction of sp³-hybridized carbons (Fsp3) is 0.421. The Kier molecular flexibility index (Phi) is 4.27. The molecule has 1 fully saturated rings. The second-order valence-corrected chi connectivity index (χ2v) is 6.58. The molecule has 1 aliphatic carbocycles. The van der Waals surface area contributed by atoms with Crippen molar-refractivity contribution in [2.24, 2.45) is 5.73 Å². The van der Waals surface area contributed by atoms with Crippen LogP contribution in [0.25, 0.3) is 0 Å². The molecule has 3 rings (SSSR count). The summed E-state index contributed by atoms with van der Waals surface area (Å²) in [4.78, 5) is 4.25. The van der Waals surface area contributed by atoms with Gasteiger partial charge in [-0.2, -0.15) is 0 Å². The molecule has 0 bridgehead atoms. The van der Waals surface area contributed by atoms with E-state index in [4.69, 9.17) is 5.73 Å². The van der Waals surface area contributed by atoms with Gasteiger partial charge in [0.05, 0.1) is 0 Å². The van der Waals surface area contributed by atoms with E-state index in [0.717, 1.165) is 19.4 Å². The van der Waals surface area contributed by atoms with E-state index >= 15 is 0 Å². The molecule has 3 heteroatoms. The number of nitrogens with two attached hydrogens (primary N) is 1. The van der Waals surface area contributed by atoms with E-state index in [1.54, 1.807) is 0 Å². The first-order valence-corrected chi connectivity index (χ1v) is 8.07. The quantitative estimate of drug-likeness (QED) is 0.891. The molecule has 0 saturated heterocycles. The third-order valence-corrected chi connectivity index (χ3v) is 5.08. The summed E-state index contributed by atoms with van der Waals surface area (Å²) in [6, 6.07) is 13.6. The van der Waals surface area contributed by atoms with Gasteiger partial charge >= 0.3 is 0 Å². The lowest BCUT2D eigenvalue weighted by Gasteiger charge is -2.49. The van der Waals surface area contributed by atoms with Crippen molar-refractivity contribution in [2.75, 3.05) is 6.54 Å². The molecular weight excluding hydrogens is 270 g/mol. The highest BCUT2D eigenvalue weighted by Crippen LogP contribution is 2.43. The van der Waals surface area contributed by atoms with E-state index in [0.29, 0.717) is 12.1 Å². The lowest BCUT2D eigenvalue weighted by Crippen LogP contribution is -2.55. The number of pyridine rings is 1. The summed E-state index contributed by atoms with van der Waals surface area (Å²) in [5.41, 5.74) is 10.2. The zero-order valence-corrected chi connectivity index (χ0v) is 13.4. The summed E-state index contributed by atoms with van der Waals surface area (Å²) in [5.74, 6) is 0. The molecular formula is C19H25N3. The topological polar surface area (TPSA) is 50.9 Å². The van der Waals surface area contributed by atoms with Gasteiger partial charge in [-0.25, -0.2) is 0 Å². The molecule has 0 spiro atoms. The van der Waals surface area contributed by atoms with E-state index in [1.165, 1.54) is 16.7 Å². The van der Waals surface area contributed by atoms with Crippen molar-refractivity contribution < 1.29 is 0 Å². The highest BCUT2D eigenvalue weighted by Gasteiger charge is 2.44. The first-order valence-electron chi connectivity index (χ1n) is 8.07. The van der Waals surface area contributed by atoms with Crippen LogP contribution in [0.5, 0.6) is 0 Å². The molecule has 0 aliphatic heterocycles. The van der Waals surface area contributed by atoms with Crippen molar-refractivity contribution in [1.82, 2.24) is 10.3 Å². The van der Waals surface area contributed by atoms with Crippen LogP contribution in [0.2, 0.25) is 0 Å². The van der Waals surface area contributed by atoms with Crippen LogP contribution in [0, 0.1) is 6.92 Å². The van der Waals surface area contributed by atoms with Crippen LogP contribution in [0.4, 0.5) is 0 Å². The molecule has 1 heterocycles. The Hall–Kier alpha value is -1.71. The van der Waals surface area contributed by atoms with Crippen molar-refractivity contribution in [3.63, 3.8) is 0 Å². The first kappa shape index (κ1) is 15.2. The van der Waals surface area contributed by atoms with Crippen molar-refractivity contribution in [3.05, 3.63) is 65.5 Å². The van der Waals surface area contributed by atoms with Crippen LogP contribution in [-0.2, 0) is 5.41 Å². The number of aryl methyl sites for hydroxylation is 1. The molecule has 3 nitrogen and oxygen atoms in total. The third-order valence-electron chi connectivity index (χ3n) is 5.08.